The van der Waals surface area contributed by atoms with Crippen molar-refractivity contribution in [2.75, 3.05) is 5.32 Å². The summed E-state index contributed by atoms with van der Waals surface area (Å²) in [7, 11) is 1.67. The number of amides is 1. The van der Waals surface area contributed by atoms with Gasteiger partial charge in [-0.05, 0) is 20.8 Å². The van der Waals surface area contributed by atoms with Crippen LogP contribution in [0.3, 0.4) is 0 Å². The van der Waals surface area contributed by atoms with E-state index in [-0.39, 0.29) is 11.4 Å². The largest absolute Gasteiger partial charge is 0.319 e. The van der Waals surface area contributed by atoms with Crippen molar-refractivity contribution in [2.24, 2.45) is 7.05 Å². The van der Waals surface area contributed by atoms with Gasteiger partial charge in [0.2, 0.25) is 5.82 Å². The van der Waals surface area contributed by atoms with E-state index in [9.17, 15) is 26.7 Å². The molecule has 0 aliphatic heterocycles. The summed E-state index contributed by atoms with van der Waals surface area (Å²) in [4.78, 5) is 12.5. The Morgan fingerprint density at radius 2 is 1.52 bits per heavy atom. The summed E-state index contributed by atoms with van der Waals surface area (Å²) < 4.78 is 70.6. The lowest BCUT2D eigenvalue weighted by Gasteiger charge is -2.10. The van der Waals surface area contributed by atoms with Gasteiger partial charge in [0.1, 0.15) is 0 Å². The zero-order chi connectivity index (χ0) is 21.6. The normalized spacial score (nSPS) is 11.2. The van der Waals surface area contributed by atoms with Crippen molar-refractivity contribution in [2.45, 2.75) is 27.3 Å². The lowest BCUT2D eigenvalue weighted by atomic mass is 10.1. The smallest absolute Gasteiger partial charge is 0.259 e. The molecule has 154 valence electrons. The van der Waals surface area contributed by atoms with E-state index in [0.717, 1.165) is 4.68 Å². The van der Waals surface area contributed by atoms with Gasteiger partial charge in [-0.3, -0.25) is 14.2 Å². The highest BCUT2D eigenvalue weighted by Crippen LogP contribution is 2.26. The number of carbonyl (C=O) groups excluding carboxylic acids is 1. The molecular formula is C18H16F5N5O. The van der Waals surface area contributed by atoms with E-state index in [0.29, 0.717) is 17.0 Å². The van der Waals surface area contributed by atoms with Gasteiger partial charge < -0.3 is 5.32 Å². The fourth-order valence-electron chi connectivity index (χ4n) is 2.87. The van der Waals surface area contributed by atoms with Crippen LogP contribution in [0.25, 0.3) is 0 Å². The third-order valence-electron chi connectivity index (χ3n) is 4.71. The third-order valence-corrected chi connectivity index (χ3v) is 4.71. The zero-order valence-electron chi connectivity index (χ0n) is 15.9. The fourth-order valence-corrected chi connectivity index (χ4v) is 2.87. The maximum absolute atomic E-state index is 14.0. The standard InChI is InChI=1S/C18H16F5N5O/c1-7-17(25-18(29)10-5-24-27(4)8(10)2)9(3)28(26-7)6-11-12(19)14(21)16(23)15(22)13(11)20/h5H,6H2,1-4H3,(H,25,29). The first kappa shape index (κ1) is 20.5. The monoisotopic (exact) mass is 413 g/mol. The Morgan fingerprint density at radius 3 is 2.03 bits per heavy atom. The van der Waals surface area contributed by atoms with Crippen LogP contribution in [-0.2, 0) is 13.6 Å². The number of aryl methyl sites for hydroxylation is 2. The minimum atomic E-state index is -2.23. The van der Waals surface area contributed by atoms with Crippen molar-refractivity contribution >= 4 is 11.6 Å². The van der Waals surface area contributed by atoms with Crippen LogP contribution < -0.4 is 5.32 Å². The number of aromatic nitrogens is 4. The fraction of sp³-hybridized carbons (Fsp3) is 0.278. The van der Waals surface area contributed by atoms with Crippen molar-refractivity contribution in [3.05, 3.63) is 63.5 Å². The summed E-state index contributed by atoms with van der Waals surface area (Å²) in [6.45, 7) is 4.03. The quantitative estimate of drug-likeness (QED) is 0.404. The number of carbonyl (C=O) groups is 1. The zero-order valence-corrected chi connectivity index (χ0v) is 15.9. The van der Waals surface area contributed by atoms with Crippen LogP contribution >= 0.6 is 0 Å². The van der Waals surface area contributed by atoms with Crippen molar-refractivity contribution in [1.29, 1.82) is 0 Å². The molecule has 3 rings (SSSR count). The van der Waals surface area contributed by atoms with Crippen LogP contribution in [0, 0.1) is 49.9 Å². The van der Waals surface area contributed by atoms with E-state index in [2.05, 4.69) is 15.5 Å². The molecule has 0 saturated carbocycles. The molecule has 6 nitrogen and oxygen atoms in total. The molecule has 0 unspecified atom stereocenters. The van der Waals surface area contributed by atoms with Crippen LogP contribution in [-0.4, -0.2) is 25.5 Å². The van der Waals surface area contributed by atoms with Crippen LogP contribution in [0.5, 0.6) is 0 Å². The molecule has 29 heavy (non-hydrogen) atoms. The van der Waals surface area contributed by atoms with Crippen LogP contribution in [0.15, 0.2) is 6.20 Å². The summed E-state index contributed by atoms with van der Waals surface area (Å²) in [6, 6.07) is 0. The Labute approximate surface area is 161 Å². The molecule has 3 aromatic rings. The van der Waals surface area contributed by atoms with Crippen LogP contribution in [0.1, 0.15) is 33.0 Å². The highest BCUT2D eigenvalue weighted by molar-refractivity contribution is 6.05. The Balaban J connectivity index is 1.95. The van der Waals surface area contributed by atoms with Gasteiger partial charge in [-0.2, -0.15) is 10.2 Å². The van der Waals surface area contributed by atoms with E-state index >= 15 is 0 Å². The van der Waals surface area contributed by atoms with E-state index in [1.165, 1.54) is 24.7 Å². The first-order valence-electron chi connectivity index (χ1n) is 8.38. The van der Waals surface area contributed by atoms with E-state index < -0.39 is 47.1 Å². The molecule has 0 saturated heterocycles. The molecule has 11 heteroatoms. The molecule has 0 aliphatic rings. The molecule has 1 aromatic carbocycles. The molecule has 2 heterocycles. The van der Waals surface area contributed by atoms with Crippen LogP contribution in [0.4, 0.5) is 27.6 Å². The molecule has 0 radical (unpaired) electrons. The average molecular weight is 413 g/mol. The molecule has 0 spiro atoms. The summed E-state index contributed by atoms with van der Waals surface area (Å²) in [5.41, 5.74) is 0.767. The van der Waals surface area contributed by atoms with Crippen LogP contribution in [0.2, 0.25) is 0 Å². The Kier molecular flexibility index (Phi) is 5.16. The van der Waals surface area contributed by atoms with Gasteiger partial charge in [-0.1, -0.05) is 0 Å². The number of rotatable bonds is 4. The number of anilines is 1. The number of nitrogens with zero attached hydrogens (tertiary/aromatic N) is 4. The lowest BCUT2D eigenvalue weighted by Crippen LogP contribution is -2.15. The first-order chi connectivity index (χ1) is 13.5. The van der Waals surface area contributed by atoms with Crippen molar-refractivity contribution in [3.63, 3.8) is 0 Å². The lowest BCUT2D eigenvalue weighted by molar-refractivity contribution is 0.102. The summed E-state index contributed by atoms with van der Waals surface area (Å²) >= 11 is 0. The van der Waals surface area contributed by atoms with Gasteiger partial charge in [0.05, 0.1) is 40.9 Å². The summed E-state index contributed by atoms with van der Waals surface area (Å²) in [5.74, 6) is -10.6. The van der Waals surface area contributed by atoms with Crippen molar-refractivity contribution in [1.82, 2.24) is 19.6 Å². The molecule has 2 aromatic heterocycles. The van der Waals surface area contributed by atoms with Gasteiger partial charge in [0.25, 0.3) is 5.91 Å². The Morgan fingerprint density at radius 1 is 0.966 bits per heavy atom. The number of hydrogen-bond donors (Lipinski definition) is 1. The second-order valence-electron chi connectivity index (χ2n) is 6.47. The second kappa shape index (κ2) is 7.30. The highest BCUT2D eigenvalue weighted by atomic mass is 19.2. The van der Waals surface area contributed by atoms with Gasteiger partial charge in [0, 0.05) is 12.7 Å². The third kappa shape index (κ3) is 3.36. The topological polar surface area (TPSA) is 64.7 Å². The Hall–Kier alpha value is -3.24. The summed E-state index contributed by atoms with van der Waals surface area (Å²) in [5, 5.41) is 10.7. The van der Waals surface area contributed by atoms with Gasteiger partial charge in [-0.25, -0.2) is 22.0 Å². The molecule has 0 atom stereocenters. The van der Waals surface area contributed by atoms with Gasteiger partial charge in [0.15, 0.2) is 23.3 Å². The second-order valence-corrected chi connectivity index (χ2v) is 6.47. The molecule has 1 amide bonds. The predicted molar refractivity (Wildman–Crippen MR) is 92.9 cm³/mol. The van der Waals surface area contributed by atoms with E-state index in [1.54, 1.807) is 14.0 Å². The Bertz CT molecular complexity index is 1110. The number of nitrogens with one attached hydrogen (secondary N) is 1. The highest BCUT2D eigenvalue weighted by Gasteiger charge is 2.27. The molecule has 0 aliphatic carbocycles. The van der Waals surface area contributed by atoms with E-state index in [4.69, 9.17) is 0 Å². The maximum atomic E-state index is 14.0. The maximum Gasteiger partial charge on any atom is 0.259 e. The van der Waals surface area contributed by atoms with Gasteiger partial charge in [-0.15, -0.1) is 0 Å². The molecular weight excluding hydrogens is 397 g/mol. The SMILES string of the molecule is Cc1nn(Cc2c(F)c(F)c(F)c(F)c2F)c(C)c1NC(=O)c1cnn(C)c1C. The summed E-state index contributed by atoms with van der Waals surface area (Å²) in [6.07, 6.45) is 1.38. The number of benzene rings is 1. The minimum absolute atomic E-state index is 0.266. The first-order valence-corrected chi connectivity index (χ1v) is 8.38. The minimum Gasteiger partial charge on any atom is -0.319 e. The molecule has 0 bridgehead atoms. The molecule has 1 N–H and O–H groups in total. The van der Waals surface area contributed by atoms with Crippen molar-refractivity contribution < 1.29 is 26.7 Å². The number of hydrogen-bond acceptors (Lipinski definition) is 3. The predicted octanol–water partition coefficient (Wildman–Crippen LogP) is 3.54. The molecule has 0 fully saturated rings. The average Bonchev–Trinajstić information content (AvgIpc) is 3.15. The van der Waals surface area contributed by atoms with Gasteiger partial charge >= 0.3 is 0 Å². The number of halogens is 5. The van der Waals surface area contributed by atoms with E-state index in [1.807, 2.05) is 0 Å². The van der Waals surface area contributed by atoms with Crippen molar-refractivity contribution in [3.8, 4) is 0 Å².